The van der Waals surface area contributed by atoms with Gasteiger partial charge in [0.1, 0.15) is 6.61 Å². The minimum atomic E-state index is -3.71. The molecule has 0 radical (unpaired) electrons. The Balaban J connectivity index is 4.00. The van der Waals surface area contributed by atoms with Crippen molar-refractivity contribution < 1.29 is 22.3 Å². The molecule has 0 atom stereocenters. The average molecular weight is 252 g/mol. The van der Waals surface area contributed by atoms with Crippen molar-refractivity contribution >= 4 is 21.6 Å². The van der Waals surface area contributed by atoms with Crippen LogP contribution in [0.4, 0.5) is 8.78 Å². The zero-order valence-corrected chi connectivity index (χ0v) is 8.91. The summed E-state index contributed by atoms with van der Waals surface area (Å²) in [7, 11) is -3.71. The third-order valence-electron chi connectivity index (χ3n) is 1.33. The highest BCUT2D eigenvalue weighted by atomic mass is 35.5. The van der Waals surface area contributed by atoms with E-state index in [0.717, 1.165) is 0 Å². The molecule has 0 heterocycles. The van der Waals surface area contributed by atoms with Crippen molar-refractivity contribution in [1.82, 2.24) is 4.72 Å². The lowest BCUT2D eigenvalue weighted by Crippen LogP contribution is -2.39. The van der Waals surface area contributed by atoms with Gasteiger partial charge in [-0.25, -0.2) is 21.9 Å². The maximum atomic E-state index is 12.4. The van der Waals surface area contributed by atoms with E-state index in [1.54, 1.807) is 4.72 Å². The molecule has 0 saturated heterocycles. The smallest absolute Gasteiger partial charge is 0.283 e. The van der Waals surface area contributed by atoms with E-state index < -0.39 is 29.1 Å². The molecule has 0 spiro atoms. The van der Waals surface area contributed by atoms with E-state index >= 15 is 0 Å². The summed E-state index contributed by atoms with van der Waals surface area (Å²) < 4.78 is 48.4. The molecule has 0 saturated carbocycles. The summed E-state index contributed by atoms with van der Waals surface area (Å²) in [6, 6.07) is 0. The van der Waals surface area contributed by atoms with Gasteiger partial charge in [0.2, 0.25) is 10.0 Å². The summed E-state index contributed by atoms with van der Waals surface area (Å²) >= 11 is 5.24. The molecule has 0 aliphatic carbocycles. The van der Waals surface area contributed by atoms with Crippen molar-refractivity contribution in [2.75, 3.05) is 24.8 Å². The Kier molecular flexibility index (Phi) is 5.80. The van der Waals surface area contributed by atoms with E-state index in [2.05, 4.69) is 0 Å². The van der Waals surface area contributed by atoms with Gasteiger partial charge in [0, 0.05) is 5.88 Å². The quantitative estimate of drug-likeness (QED) is 0.634. The number of aliphatic hydroxyl groups excluding tert-OH is 1. The molecule has 8 heteroatoms. The minimum Gasteiger partial charge on any atom is -0.390 e. The zero-order chi connectivity index (χ0) is 11.2. The Morgan fingerprint density at radius 3 is 2.43 bits per heavy atom. The molecule has 14 heavy (non-hydrogen) atoms. The fourth-order valence-electron chi connectivity index (χ4n) is 0.588. The zero-order valence-electron chi connectivity index (χ0n) is 7.34. The van der Waals surface area contributed by atoms with Gasteiger partial charge in [-0.05, 0) is 6.42 Å². The van der Waals surface area contributed by atoms with Crippen molar-refractivity contribution in [1.29, 1.82) is 0 Å². The first kappa shape index (κ1) is 14.0. The summed E-state index contributed by atoms with van der Waals surface area (Å²) in [5.41, 5.74) is 0. The first-order chi connectivity index (χ1) is 6.33. The molecule has 0 aliphatic rings. The monoisotopic (exact) mass is 251 g/mol. The summed E-state index contributed by atoms with van der Waals surface area (Å²) in [5.74, 6) is -3.57. The first-order valence-corrected chi connectivity index (χ1v) is 6.04. The van der Waals surface area contributed by atoms with Gasteiger partial charge in [-0.15, -0.1) is 11.6 Å². The topological polar surface area (TPSA) is 66.4 Å². The van der Waals surface area contributed by atoms with E-state index in [-0.39, 0.29) is 18.1 Å². The highest BCUT2D eigenvalue weighted by molar-refractivity contribution is 7.89. The third kappa shape index (κ3) is 6.47. The standard InChI is InChI=1S/C6H12ClF2NO3S/c7-2-1-3-14(12,13)10-4-6(8,9)5-11/h10-11H,1-5H2. The van der Waals surface area contributed by atoms with E-state index in [0.29, 0.717) is 0 Å². The van der Waals surface area contributed by atoms with Gasteiger partial charge in [0.25, 0.3) is 5.92 Å². The van der Waals surface area contributed by atoms with E-state index in [9.17, 15) is 17.2 Å². The van der Waals surface area contributed by atoms with Crippen molar-refractivity contribution in [2.24, 2.45) is 0 Å². The van der Waals surface area contributed by atoms with E-state index in [1.165, 1.54) is 0 Å². The summed E-state index contributed by atoms with van der Waals surface area (Å²) in [5, 5.41) is 8.16. The number of halogens is 3. The lowest BCUT2D eigenvalue weighted by atomic mass is 10.4. The van der Waals surface area contributed by atoms with Crippen molar-refractivity contribution in [3.8, 4) is 0 Å². The number of hydrogen-bond donors (Lipinski definition) is 2. The third-order valence-corrected chi connectivity index (χ3v) is 3.01. The molecule has 0 aromatic rings. The molecule has 0 bridgehead atoms. The molecule has 86 valence electrons. The largest absolute Gasteiger partial charge is 0.390 e. The average Bonchev–Trinajstić information content (AvgIpc) is 2.12. The number of nitrogens with one attached hydrogen (secondary N) is 1. The van der Waals surface area contributed by atoms with Crippen molar-refractivity contribution in [3.63, 3.8) is 0 Å². The molecular weight excluding hydrogens is 240 g/mol. The molecule has 2 N–H and O–H groups in total. The Bertz CT molecular complexity index is 258. The fraction of sp³-hybridized carbons (Fsp3) is 1.00. The van der Waals surface area contributed by atoms with Gasteiger partial charge in [0.05, 0.1) is 12.3 Å². The van der Waals surface area contributed by atoms with Crippen molar-refractivity contribution in [2.45, 2.75) is 12.3 Å². The van der Waals surface area contributed by atoms with Gasteiger partial charge in [-0.1, -0.05) is 0 Å². The van der Waals surface area contributed by atoms with Crippen LogP contribution in [-0.4, -0.2) is 44.2 Å². The van der Waals surface area contributed by atoms with E-state index in [1.807, 2.05) is 0 Å². The van der Waals surface area contributed by atoms with Crippen LogP contribution in [0.1, 0.15) is 6.42 Å². The Hall–Kier alpha value is 0.0200. The fourth-order valence-corrected chi connectivity index (χ4v) is 1.98. The highest BCUT2D eigenvalue weighted by Gasteiger charge is 2.29. The van der Waals surface area contributed by atoms with Gasteiger partial charge in [0.15, 0.2) is 0 Å². The molecule has 0 aromatic heterocycles. The van der Waals surface area contributed by atoms with Crippen LogP contribution in [0.25, 0.3) is 0 Å². The van der Waals surface area contributed by atoms with Crippen LogP contribution in [0.3, 0.4) is 0 Å². The van der Waals surface area contributed by atoms with Crippen LogP contribution in [0.5, 0.6) is 0 Å². The number of aliphatic hydroxyl groups is 1. The van der Waals surface area contributed by atoms with Crippen LogP contribution >= 0.6 is 11.6 Å². The number of hydrogen-bond acceptors (Lipinski definition) is 3. The van der Waals surface area contributed by atoms with Crippen LogP contribution in [-0.2, 0) is 10.0 Å². The Morgan fingerprint density at radius 2 is 2.00 bits per heavy atom. The second-order valence-corrected chi connectivity index (χ2v) is 5.00. The lowest BCUT2D eigenvalue weighted by Gasteiger charge is -2.13. The predicted molar refractivity (Wildman–Crippen MR) is 49.2 cm³/mol. The summed E-state index contributed by atoms with van der Waals surface area (Å²) in [6.45, 7) is -2.47. The minimum absolute atomic E-state index is 0.150. The Labute approximate surface area is 86.3 Å². The van der Waals surface area contributed by atoms with Crippen molar-refractivity contribution in [3.05, 3.63) is 0 Å². The molecule has 4 nitrogen and oxygen atoms in total. The lowest BCUT2D eigenvalue weighted by molar-refractivity contribution is -0.0437. The summed E-state index contributed by atoms with van der Waals surface area (Å²) in [4.78, 5) is 0. The first-order valence-electron chi connectivity index (χ1n) is 3.85. The molecule has 0 fully saturated rings. The maximum absolute atomic E-state index is 12.4. The number of alkyl halides is 3. The van der Waals surface area contributed by atoms with E-state index in [4.69, 9.17) is 16.7 Å². The SMILES string of the molecule is O=S(=O)(CCCCl)NCC(F)(F)CO. The molecule has 0 rings (SSSR count). The van der Waals surface area contributed by atoms with Crippen LogP contribution in [0, 0.1) is 0 Å². The second kappa shape index (κ2) is 5.79. The summed E-state index contributed by atoms with van der Waals surface area (Å²) in [6.07, 6.45) is 0.196. The molecule has 0 unspecified atom stereocenters. The van der Waals surface area contributed by atoms with Gasteiger partial charge < -0.3 is 5.11 Å². The van der Waals surface area contributed by atoms with Gasteiger partial charge in [-0.3, -0.25) is 0 Å². The molecule has 0 aromatic carbocycles. The normalized spacial score (nSPS) is 13.1. The Morgan fingerprint density at radius 1 is 1.43 bits per heavy atom. The molecule has 0 aliphatic heterocycles. The highest BCUT2D eigenvalue weighted by Crippen LogP contribution is 2.10. The van der Waals surface area contributed by atoms with Gasteiger partial charge in [-0.2, -0.15) is 0 Å². The molecule has 0 amide bonds. The second-order valence-electron chi connectivity index (χ2n) is 2.70. The van der Waals surface area contributed by atoms with Crippen LogP contribution < -0.4 is 4.72 Å². The number of rotatable bonds is 7. The number of sulfonamides is 1. The molecular formula is C6H12ClF2NO3S. The van der Waals surface area contributed by atoms with Crippen LogP contribution in [0.15, 0.2) is 0 Å². The predicted octanol–water partition coefficient (Wildman–Crippen LogP) is 0.162. The maximum Gasteiger partial charge on any atom is 0.283 e. The van der Waals surface area contributed by atoms with Crippen LogP contribution in [0.2, 0.25) is 0 Å². The van der Waals surface area contributed by atoms with Gasteiger partial charge >= 0.3 is 0 Å².